The number of ether oxygens (including phenoxy) is 1. The summed E-state index contributed by atoms with van der Waals surface area (Å²) in [6.07, 6.45) is 0.739. The largest absolute Gasteiger partial charge is 0.481 e. The zero-order valence-corrected chi connectivity index (χ0v) is 26.6. The molecule has 0 unspecified atom stereocenters. The molecule has 0 aliphatic carbocycles. The van der Waals surface area contributed by atoms with Crippen molar-refractivity contribution >= 4 is 73.9 Å². The summed E-state index contributed by atoms with van der Waals surface area (Å²) < 4.78 is 9.90. The maximum absolute atomic E-state index is 13.4. The van der Waals surface area contributed by atoms with E-state index in [1.54, 1.807) is 31.3 Å². The minimum absolute atomic E-state index is 0. The number of amidine groups is 1. The number of fused-ring (bicyclic) bond motifs is 1. The van der Waals surface area contributed by atoms with Gasteiger partial charge in [-0.05, 0) is 12.8 Å². The molecule has 1 saturated heterocycles. The van der Waals surface area contributed by atoms with Gasteiger partial charge in [-0.25, -0.2) is 9.78 Å². The lowest BCUT2D eigenvalue weighted by molar-refractivity contribution is -0.137. The van der Waals surface area contributed by atoms with E-state index in [2.05, 4.69) is 9.88 Å². The van der Waals surface area contributed by atoms with Crippen LogP contribution in [0, 0.1) is 5.41 Å². The van der Waals surface area contributed by atoms with E-state index in [0.29, 0.717) is 56.2 Å². The Morgan fingerprint density at radius 3 is 2.26 bits per heavy atom. The molecule has 1 fully saturated rings. The van der Waals surface area contributed by atoms with E-state index >= 15 is 0 Å². The van der Waals surface area contributed by atoms with Gasteiger partial charge in [-0.1, -0.05) is 24.3 Å². The molecule has 0 spiro atoms. The number of morpholine rings is 1. The molecular formula is C24H34Br3N7O5. The lowest BCUT2D eigenvalue weighted by Crippen LogP contribution is -2.40. The summed E-state index contributed by atoms with van der Waals surface area (Å²) in [4.78, 5) is 44.3. The van der Waals surface area contributed by atoms with Crippen molar-refractivity contribution in [1.29, 1.82) is 5.41 Å². The molecule has 15 heteroatoms. The number of unbranched alkanes of at least 4 members (excludes halogenated alkanes) is 1. The van der Waals surface area contributed by atoms with Gasteiger partial charge in [-0.15, -0.1) is 50.9 Å². The number of nitrogens with one attached hydrogen (secondary N) is 1. The van der Waals surface area contributed by atoms with Gasteiger partial charge in [0.25, 0.3) is 5.56 Å². The lowest BCUT2D eigenvalue weighted by atomic mass is 10.1. The normalized spacial score (nSPS) is 13.3. The van der Waals surface area contributed by atoms with Crippen LogP contribution in [0.5, 0.6) is 0 Å². The average Bonchev–Trinajstić information content (AvgIpc) is 3.26. The summed E-state index contributed by atoms with van der Waals surface area (Å²) in [5.74, 6) is -0.412. The topological polar surface area (TPSA) is 161 Å². The first-order valence-corrected chi connectivity index (χ1v) is 11.9. The van der Waals surface area contributed by atoms with Gasteiger partial charge < -0.3 is 20.1 Å². The third kappa shape index (κ3) is 7.87. The third-order valence-corrected chi connectivity index (χ3v) is 6.44. The second-order valence-corrected chi connectivity index (χ2v) is 8.85. The van der Waals surface area contributed by atoms with Crippen molar-refractivity contribution in [3.8, 4) is 11.4 Å². The Kier molecular flexibility index (Phi) is 13.8. The third-order valence-electron chi connectivity index (χ3n) is 6.44. The van der Waals surface area contributed by atoms with E-state index in [4.69, 9.17) is 21.0 Å². The van der Waals surface area contributed by atoms with Crippen LogP contribution in [0.1, 0.15) is 24.8 Å². The maximum Gasteiger partial charge on any atom is 0.332 e. The zero-order chi connectivity index (χ0) is 25.8. The van der Waals surface area contributed by atoms with Crippen LogP contribution in [0.15, 0.2) is 33.9 Å². The number of nitrogen functional groups attached to an aromatic ring is 1. The van der Waals surface area contributed by atoms with Gasteiger partial charge in [0.1, 0.15) is 17.3 Å². The van der Waals surface area contributed by atoms with Gasteiger partial charge in [0.15, 0.2) is 5.52 Å². The number of carboxylic acid groups (broad SMARTS) is 1. The quantitative estimate of drug-likeness (QED) is 0.162. The number of hydrogen-bond acceptors (Lipinski definition) is 7. The number of nitrogens with two attached hydrogens (primary N) is 1. The average molecular weight is 740 g/mol. The number of hydrogen-bond donors (Lipinski definition) is 3. The molecule has 3 aromatic rings. The summed E-state index contributed by atoms with van der Waals surface area (Å²) in [6, 6.07) is 7.05. The van der Waals surface area contributed by atoms with Crippen LogP contribution in [0.3, 0.4) is 0 Å². The maximum atomic E-state index is 13.4. The number of carboxylic acids is 1. The zero-order valence-electron chi connectivity index (χ0n) is 21.5. The molecule has 0 atom stereocenters. The number of benzene rings is 1. The summed E-state index contributed by atoms with van der Waals surface area (Å²) in [5, 5.41) is 16.5. The van der Waals surface area contributed by atoms with Crippen molar-refractivity contribution < 1.29 is 14.6 Å². The van der Waals surface area contributed by atoms with E-state index in [9.17, 15) is 14.4 Å². The molecule has 4 N–H and O–H groups in total. The fourth-order valence-corrected chi connectivity index (χ4v) is 4.45. The Bertz CT molecular complexity index is 1400. The van der Waals surface area contributed by atoms with Crippen molar-refractivity contribution in [1.82, 2.24) is 23.6 Å². The highest BCUT2D eigenvalue weighted by Gasteiger charge is 2.22. The second-order valence-electron chi connectivity index (χ2n) is 8.85. The first-order valence-electron chi connectivity index (χ1n) is 11.9. The summed E-state index contributed by atoms with van der Waals surface area (Å²) in [7, 11) is 1.62. The van der Waals surface area contributed by atoms with Crippen LogP contribution in [-0.4, -0.2) is 73.3 Å². The molecule has 0 amide bonds. The lowest BCUT2D eigenvalue weighted by Gasteiger charge is -2.27. The van der Waals surface area contributed by atoms with E-state index < -0.39 is 17.2 Å². The fraction of sp³-hybridized carbons (Fsp3) is 0.458. The monoisotopic (exact) mass is 737 g/mol. The second kappa shape index (κ2) is 15.5. The first-order chi connectivity index (χ1) is 17.3. The Morgan fingerprint density at radius 2 is 1.67 bits per heavy atom. The Balaban J connectivity index is 0.00000253. The summed E-state index contributed by atoms with van der Waals surface area (Å²) in [5.41, 5.74) is 6.57. The molecule has 4 rings (SSSR count). The molecule has 0 bridgehead atoms. The molecule has 0 radical (unpaired) electrons. The number of nitrogens with zero attached hydrogens (tertiary/aromatic N) is 5. The van der Waals surface area contributed by atoms with Crippen LogP contribution < -0.4 is 17.0 Å². The standard InChI is InChI=1S/C24H31N7O5.3BrH/c1-28-22-19(23(34)31(24(28)35)9-3-2-4-18(32)33)27-21(17-7-5-16(6-8-17)20(25)26)30(22)11-10-29-12-14-36-15-13-29;;;/h5-8H,2-4,9-15H2,1H3,(H3,25,26)(H,32,33);3*1H. The number of carbonyl (C=O) groups is 1. The minimum atomic E-state index is -0.912. The highest BCUT2D eigenvalue weighted by atomic mass is 79.9. The molecule has 39 heavy (non-hydrogen) atoms. The van der Waals surface area contributed by atoms with Crippen molar-refractivity contribution in [3.05, 3.63) is 50.7 Å². The summed E-state index contributed by atoms with van der Waals surface area (Å²) >= 11 is 0. The Hall–Kier alpha value is -2.33. The smallest absolute Gasteiger partial charge is 0.332 e. The van der Waals surface area contributed by atoms with Crippen molar-refractivity contribution in [3.63, 3.8) is 0 Å². The molecule has 216 valence electrons. The number of aliphatic carboxylic acids is 1. The van der Waals surface area contributed by atoms with E-state index in [1.807, 2.05) is 4.57 Å². The number of imidazole rings is 1. The number of halogens is 3. The van der Waals surface area contributed by atoms with Crippen molar-refractivity contribution in [2.75, 3.05) is 32.8 Å². The highest BCUT2D eigenvalue weighted by Crippen LogP contribution is 2.23. The van der Waals surface area contributed by atoms with Crippen molar-refractivity contribution in [2.45, 2.75) is 32.4 Å². The van der Waals surface area contributed by atoms with Gasteiger partial charge in [0.05, 0.1) is 13.2 Å². The SMILES string of the molecule is Br.Br.Br.Cn1c(=O)n(CCCCC(=O)O)c(=O)c2nc(-c3ccc(C(=N)N)cc3)n(CCN3CCOCC3)c21. The summed E-state index contributed by atoms with van der Waals surface area (Å²) in [6.45, 7) is 4.26. The highest BCUT2D eigenvalue weighted by molar-refractivity contribution is 8.93. The molecule has 1 aliphatic heterocycles. The van der Waals surface area contributed by atoms with Crippen LogP contribution in [0.25, 0.3) is 22.6 Å². The van der Waals surface area contributed by atoms with Crippen LogP contribution in [-0.2, 0) is 29.7 Å². The molecule has 1 aromatic carbocycles. The Morgan fingerprint density at radius 1 is 1.03 bits per heavy atom. The number of rotatable bonds is 10. The van der Waals surface area contributed by atoms with Gasteiger partial charge in [0.2, 0.25) is 0 Å². The molecular weight excluding hydrogens is 706 g/mol. The molecule has 1 aliphatic rings. The molecule has 2 aromatic heterocycles. The molecule has 3 heterocycles. The number of aryl methyl sites for hydroxylation is 1. The van der Waals surface area contributed by atoms with Gasteiger partial charge in [0, 0.05) is 57.3 Å². The Labute approximate surface area is 256 Å². The molecule has 12 nitrogen and oxygen atoms in total. The van der Waals surface area contributed by atoms with Crippen LogP contribution in [0.4, 0.5) is 0 Å². The predicted octanol–water partition coefficient (Wildman–Crippen LogP) is 2.17. The van der Waals surface area contributed by atoms with E-state index in [1.165, 1.54) is 4.57 Å². The number of aromatic nitrogens is 4. The minimum Gasteiger partial charge on any atom is -0.481 e. The molecule has 0 saturated carbocycles. The van der Waals surface area contributed by atoms with Gasteiger partial charge in [-0.3, -0.25) is 29.0 Å². The van der Waals surface area contributed by atoms with Crippen LogP contribution >= 0.6 is 50.9 Å². The first kappa shape index (κ1) is 34.7. The predicted molar refractivity (Wildman–Crippen MR) is 165 cm³/mol. The van der Waals surface area contributed by atoms with Gasteiger partial charge >= 0.3 is 11.7 Å². The van der Waals surface area contributed by atoms with Crippen molar-refractivity contribution in [2.24, 2.45) is 12.8 Å². The fourth-order valence-electron chi connectivity index (χ4n) is 4.45. The van der Waals surface area contributed by atoms with E-state index in [-0.39, 0.29) is 75.3 Å². The van der Waals surface area contributed by atoms with E-state index in [0.717, 1.165) is 23.2 Å². The van der Waals surface area contributed by atoms with Gasteiger partial charge in [-0.2, -0.15) is 0 Å². The van der Waals surface area contributed by atoms with Crippen LogP contribution in [0.2, 0.25) is 0 Å².